The van der Waals surface area contributed by atoms with Crippen LogP contribution in [-0.2, 0) is 17.8 Å². The summed E-state index contributed by atoms with van der Waals surface area (Å²) in [6.45, 7) is 5.50. The van der Waals surface area contributed by atoms with E-state index in [0.29, 0.717) is 12.3 Å². The zero-order valence-electron chi connectivity index (χ0n) is 18.7. The van der Waals surface area contributed by atoms with E-state index in [0.717, 1.165) is 47.3 Å². The van der Waals surface area contributed by atoms with Crippen molar-refractivity contribution in [2.75, 3.05) is 12.3 Å². The van der Waals surface area contributed by atoms with Gasteiger partial charge < -0.3 is 9.32 Å². The molecule has 33 heavy (non-hydrogen) atoms. The van der Waals surface area contributed by atoms with E-state index in [1.165, 1.54) is 22.2 Å². The summed E-state index contributed by atoms with van der Waals surface area (Å²) in [4.78, 5) is 16.7. The molecule has 6 nitrogen and oxygen atoms in total. The average molecular weight is 479 g/mol. The van der Waals surface area contributed by atoms with Gasteiger partial charge in [-0.1, -0.05) is 42.4 Å². The highest BCUT2D eigenvalue weighted by Crippen LogP contribution is 2.36. The van der Waals surface area contributed by atoms with E-state index in [1.54, 1.807) is 17.6 Å². The number of fused-ring (bicyclic) bond motifs is 1. The van der Waals surface area contributed by atoms with Gasteiger partial charge in [0, 0.05) is 17.0 Å². The Hall–Kier alpha value is -2.84. The number of hydrogen-bond acceptors (Lipinski definition) is 6. The number of rotatable bonds is 7. The lowest BCUT2D eigenvalue weighted by Crippen LogP contribution is -2.40. The minimum atomic E-state index is 0.147. The van der Waals surface area contributed by atoms with Gasteiger partial charge in [-0.3, -0.25) is 9.36 Å². The molecule has 0 aliphatic carbocycles. The third kappa shape index (κ3) is 4.50. The second kappa shape index (κ2) is 9.57. The lowest BCUT2D eigenvalue weighted by Gasteiger charge is -2.35. The second-order valence-electron chi connectivity index (χ2n) is 8.19. The number of nitrogens with zero attached hydrogens (tertiary/aromatic N) is 4. The van der Waals surface area contributed by atoms with Crippen molar-refractivity contribution in [1.29, 1.82) is 0 Å². The molecular weight excluding hydrogens is 452 g/mol. The maximum Gasteiger partial charge on any atom is 0.233 e. The minimum absolute atomic E-state index is 0.147. The molecule has 1 aromatic carbocycles. The lowest BCUT2D eigenvalue weighted by atomic mass is 9.98. The molecule has 4 heterocycles. The molecule has 1 unspecified atom stereocenters. The van der Waals surface area contributed by atoms with Gasteiger partial charge in [-0.2, -0.15) is 0 Å². The van der Waals surface area contributed by atoms with Crippen LogP contribution in [0.25, 0.3) is 11.4 Å². The Morgan fingerprint density at radius 2 is 2.15 bits per heavy atom. The van der Waals surface area contributed by atoms with Gasteiger partial charge in [0.15, 0.2) is 11.0 Å². The van der Waals surface area contributed by atoms with Gasteiger partial charge in [-0.15, -0.1) is 21.5 Å². The van der Waals surface area contributed by atoms with Crippen molar-refractivity contribution in [3.05, 3.63) is 75.9 Å². The van der Waals surface area contributed by atoms with Gasteiger partial charge >= 0.3 is 0 Å². The first kappa shape index (κ1) is 22.0. The zero-order valence-corrected chi connectivity index (χ0v) is 20.4. The summed E-state index contributed by atoms with van der Waals surface area (Å²) in [5, 5.41) is 11.8. The molecule has 8 heteroatoms. The highest BCUT2D eigenvalue weighted by atomic mass is 32.2. The average Bonchev–Trinajstić information content (AvgIpc) is 3.58. The van der Waals surface area contributed by atoms with Crippen LogP contribution in [0.1, 0.15) is 41.2 Å². The van der Waals surface area contributed by atoms with Gasteiger partial charge in [0.05, 0.1) is 24.6 Å². The smallest absolute Gasteiger partial charge is 0.233 e. The van der Waals surface area contributed by atoms with Gasteiger partial charge in [0.2, 0.25) is 5.91 Å². The highest BCUT2D eigenvalue weighted by Gasteiger charge is 2.30. The Morgan fingerprint density at radius 3 is 2.94 bits per heavy atom. The maximum atomic E-state index is 13.3. The summed E-state index contributed by atoms with van der Waals surface area (Å²) >= 11 is 3.25. The Labute approximate surface area is 201 Å². The number of carbonyl (C=O) groups is 1. The number of thioether (sulfide) groups is 1. The van der Waals surface area contributed by atoms with Crippen LogP contribution in [0.5, 0.6) is 0 Å². The summed E-state index contributed by atoms with van der Waals surface area (Å²) in [6, 6.07) is 14.4. The number of carbonyl (C=O) groups excluding carboxylic acids is 1. The van der Waals surface area contributed by atoms with E-state index >= 15 is 0 Å². The predicted octanol–water partition coefficient (Wildman–Crippen LogP) is 5.58. The normalized spacial score (nSPS) is 15.6. The summed E-state index contributed by atoms with van der Waals surface area (Å²) in [5.41, 5.74) is 3.47. The SMILES string of the molecule is CCC1c2ccsc2CCN1C(=O)CSc1nnc(-c2cccc(C)c2)n1Cc1ccco1. The van der Waals surface area contributed by atoms with E-state index in [4.69, 9.17) is 4.42 Å². The molecule has 1 aliphatic heterocycles. The third-order valence-electron chi connectivity index (χ3n) is 6.01. The highest BCUT2D eigenvalue weighted by molar-refractivity contribution is 7.99. The van der Waals surface area contributed by atoms with Gasteiger partial charge in [-0.05, 0) is 55.0 Å². The van der Waals surface area contributed by atoms with Crippen molar-refractivity contribution >= 4 is 29.0 Å². The molecule has 0 spiro atoms. The van der Waals surface area contributed by atoms with Crippen LogP contribution in [0.2, 0.25) is 0 Å². The predicted molar refractivity (Wildman–Crippen MR) is 131 cm³/mol. The first-order valence-corrected chi connectivity index (χ1v) is 13.0. The Bertz CT molecular complexity index is 1250. The van der Waals surface area contributed by atoms with E-state index in [2.05, 4.69) is 47.6 Å². The van der Waals surface area contributed by atoms with Crippen LogP contribution in [0.4, 0.5) is 0 Å². The van der Waals surface area contributed by atoms with Crippen LogP contribution < -0.4 is 0 Å². The van der Waals surface area contributed by atoms with Crippen LogP contribution in [0.3, 0.4) is 0 Å². The Morgan fingerprint density at radius 1 is 1.24 bits per heavy atom. The van der Waals surface area contributed by atoms with Crippen LogP contribution in [0, 0.1) is 6.92 Å². The first-order chi connectivity index (χ1) is 16.1. The molecule has 0 fully saturated rings. The molecule has 0 N–H and O–H groups in total. The lowest BCUT2D eigenvalue weighted by molar-refractivity contribution is -0.131. The quantitative estimate of drug-likeness (QED) is 0.324. The number of aromatic nitrogens is 3. The summed E-state index contributed by atoms with van der Waals surface area (Å²) in [5.74, 6) is 2.08. The Kier molecular flexibility index (Phi) is 6.37. The molecule has 1 atom stereocenters. The van der Waals surface area contributed by atoms with Gasteiger partial charge in [0.1, 0.15) is 5.76 Å². The number of amides is 1. The molecule has 3 aromatic heterocycles. The Balaban J connectivity index is 1.37. The number of thiophene rings is 1. The largest absolute Gasteiger partial charge is 0.467 e. The summed E-state index contributed by atoms with van der Waals surface area (Å²) < 4.78 is 7.63. The molecule has 0 radical (unpaired) electrons. The zero-order chi connectivity index (χ0) is 22.8. The third-order valence-corrected chi connectivity index (χ3v) is 7.96. The molecule has 1 aliphatic rings. The first-order valence-electron chi connectivity index (χ1n) is 11.1. The fourth-order valence-electron chi connectivity index (χ4n) is 4.44. The fourth-order valence-corrected chi connectivity index (χ4v) is 6.19. The van der Waals surface area contributed by atoms with Crippen molar-refractivity contribution < 1.29 is 9.21 Å². The van der Waals surface area contributed by atoms with E-state index < -0.39 is 0 Å². The van der Waals surface area contributed by atoms with E-state index in [1.807, 2.05) is 33.7 Å². The number of furan rings is 1. The van der Waals surface area contributed by atoms with E-state index in [9.17, 15) is 4.79 Å². The van der Waals surface area contributed by atoms with Crippen molar-refractivity contribution in [1.82, 2.24) is 19.7 Å². The van der Waals surface area contributed by atoms with Crippen molar-refractivity contribution in [2.45, 2.75) is 44.4 Å². The van der Waals surface area contributed by atoms with Crippen molar-refractivity contribution in [2.24, 2.45) is 0 Å². The molecule has 4 aromatic rings. The van der Waals surface area contributed by atoms with Crippen LogP contribution in [0.15, 0.2) is 63.7 Å². The monoisotopic (exact) mass is 478 g/mol. The van der Waals surface area contributed by atoms with Gasteiger partial charge in [0.25, 0.3) is 0 Å². The van der Waals surface area contributed by atoms with Gasteiger partial charge in [-0.25, -0.2) is 0 Å². The number of aryl methyl sites for hydroxylation is 1. The number of hydrogen-bond donors (Lipinski definition) is 0. The fraction of sp³-hybridized carbons (Fsp3) is 0.320. The summed E-state index contributed by atoms with van der Waals surface area (Å²) in [6.07, 6.45) is 3.53. The molecule has 0 bridgehead atoms. The molecular formula is C25H26N4O2S2. The second-order valence-corrected chi connectivity index (χ2v) is 10.1. The minimum Gasteiger partial charge on any atom is -0.467 e. The van der Waals surface area contributed by atoms with Crippen LogP contribution in [-0.4, -0.2) is 37.9 Å². The van der Waals surface area contributed by atoms with E-state index in [-0.39, 0.29) is 11.9 Å². The molecule has 0 saturated carbocycles. The molecule has 170 valence electrons. The van der Waals surface area contributed by atoms with Crippen molar-refractivity contribution in [3.8, 4) is 11.4 Å². The number of benzene rings is 1. The maximum absolute atomic E-state index is 13.3. The standard InChI is InChI=1S/C25H26N4O2S2/c1-3-21-20-10-13-32-22(20)9-11-28(21)23(30)16-33-25-27-26-24(18-7-4-6-17(2)14-18)29(25)15-19-8-5-12-31-19/h4-8,10,12-14,21H,3,9,11,15-16H2,1-2H3. The molecule has 1 amide bonds. The molecule has 5 rings (SSSR count). The topological polar surface area (TPSA) is 64.2 Å². The van der Waals surface area contributed by atoms with Crippen LogP contribution >= 0.6 is 23.1 Å². The van der Waals surface area contributed by atoms with Crippen molar-refractivity contribution in [3.63, 3.8) is 0 Å². The summed E-state index contributed by atoms with van der Waals surface area (Å²) in [7, 11) is 0. The molecule has 0 saturated heterocycles.